The van der Waals surface area contributed by atoms with Crippen molar-refractivity contribution in [1.82, 2.24) is 4.98 Å². The number of aromatic nitrogens is 1. The van der Waals surface area contributed by atoms with Crippen molar-refractivity contribution in [2.24, 2.45) is 0 Å². The van der Waals surface area contributed by atoms with Crippen molar-refractivity contribution in [2.45, 2.75) is 6.54 Å². The Labute approximate surface area is 120 Å². The molecule has 0 saturated carbocycles. The molecule has 100 valence electrons. The van der Waals surface area contributed by atoms with E-state index in [1.807, 2.05) is 18.2 Å². The van der Waals surface area contributed by atoms with Crippen LogP contribution in [-0.4, -0.2) is 23.3 Å². The summed E-state index contributed by atoms with van der Waals surface area (Å²) in [6.07, 6.45) is 1.71. The van der Waals surface area contributed by atoms with E-state index in [1.54, 1.807) is 12.3 Å². The minimum Gasteiger partial charge on any atom is -0.475 e. The molecule has 0 spiro atoms. The summed E-state index contributed by atoms with van der Waals surface area (Å²) >= 11 is 3.41. The monoisotopic (exact) mass is 322 g/mol. The molecule has 2 N–H and O–H groups in total. The van der Waals surface area contributed by atoms with Crippen LogP contribution in [0.15, 0.2) is 47.1 Å². The zero-order valence-electron chi connectivity index (χ0n) is 10.3. The highest BCUT2D eigenvalue weighted by Crippen LogP contribution is 2.14. The van der Waals surface area contributed by atoms with Crippen molar-refractivity contribution in [3.05, 3.63) is 52.6 Å². The summed E-state index contributed by atoms with van der Waals surface area (Å²) in [4.78, 5) is 4.14. The Bertz CT molecular complexity index is 500. The van der Waals surface area contributed by atoms with Crippen LogP contribution in [0.3, 0.4) is 0 Å². The van der Waals surface area contributed by atoms with E-state index >= 15 is 0 Å². The Hall–Kier alpha value is -1.59. The van der Waals surface area contributed by atoms with Gasteiger partial charge in [0.15, 0.2) is 0 Å². The number of benzene rings is 1. The number of pyridine rings is 1. The predicted octanol–water partition coefficient (Wildman–Crippen LogP) is 2.83. The molecule has 2 rings (SSSR count). The van der Waals surface area contributed by atoms with Crippen LogP contribution >= 0.6 is 15.9 Å². The number of nitrogens with zero attached hydrogens (tertiary/aromatic N) is 1. The molecular formula is C14H15BrN2O2. The number of hydrogen-bond acceptors (Lipinski definition) is 4. The summed E-state index contributed by atoms with van der Waals surface area (Å²) in [5.41, 5.74) is 2.13. The van der Waals surface area contributed by atoms with E-state index in [4.69, 9.17) is 9.84 Å². The van der Waals surface area contributed by atoms with Gasteiger partial charge in [-0.15, -0.1) is 0 Å². The van der Waals surface area contributed by atoms with E-state index < -0.39 is 0 Å². The number of nitrogens with one attached hydrogen (secondary N) is 1. The van der Waals surface area contributed by atoms with Gasteiger partial charge in [-0.1, -0.05) is 28.1 Å². The van der Waals surface area contributed by atoms with Crippen molar-refractivity contribution in [2.75, 3.05) is 18.5 Å². The van der Waals surface area contributed by atoms with Gasteiger partial charge >= 0.3 is 0 Å². The minimum absolute atomic E-state index is 0.00868. The van der Waals surface area contributed by atoms with Gasteiger partial charge < -0.3 is 15.2 Å². The maximum Gasteiger partial charge on any atom is 0.213 e. The number of hydrogen-bond donors (Lipinski definition) is 2. The maximum absolute atomic E-state index is 8.64. The van der Waals surface area contributed by atoms with Gasteiger partial charge in [0.1, 0.15) is 6.61 Å². The molecule has 0 radical (unpaired) electrons. The summed E-state index contributed by atoms with van der Waals surface area (Å²) in [6.45, 7) is 0.996. The third-order valence-corrected chi connectivity index (χ3v) is 3.02. The van der Waals surface area contributed by atoms with E-state index in [9.17, 15) is 0 Å². The minimum atomic E-state index is -0.00868. The third kappa shape index (κ3) is 4.54. The zero-order valence-corrected chi connectivity index (χ0v) is 11.9. The van der Waals surface area contributed by atoms with Gasteiger partial charge in [0.25, 0.3) is 0 Å². The quantitative estimate of drug-likeness (QED) is 0.858. The smallest absolute Gasteiger partial charge is 0.213 e. The highest BCUT2D eigenvalue weighted by molar-refractivity contribution is 9.10. The van der Waals surface area contributed by atoms with Crippen LogP contribution < -0.4 is 10.1 Å². The molecule has 5 heteroatoms. The fourth-order valence-corrected chi connectivity index (χ4v) is 1.79. The molecule has 0 amide bonds. The van der Waals surface area contributed by atoms with E-state index in [0.29, 0.717) is 5.88 Å². The number of rotatable bonds is 6. The largest absolute Gasteiger partial charge is 0.475 e. The summed E-state index contributed by atoms with van der Waals surface area (Å²) in [5.74, 6) is 0.517. The average Bonchev–Trinajstić information content (AvgIpc) is 2.46. The van der Waals surface area contributed by atoms with Crippen molar-refractivity contribution < 1.29 is 9.84 Å². The fraction of sp³-hybridized carbons (Fsp3) is 0.214. The van der Waals surface area contributed by atoms with Gasteiger partial charge in [0.2, 0.25) is 5.88 Å². The molecule has 0 fully saturated rings. The molecule has 4 nitrogen and oxygen atoms in total. The normalized spacial score (nSPS) is 10.2. The topological polar surface area (TPSA) is 54.4 Å². The van der Waals surface area contributed by atoms with Crippen molar-refractivity contribution in [3.8, 4) is 5.88 Å². The number of anilines is 1. The number of aliphatic hydroxyl groups is 1. The first-order chi connectivity index (χ1) is 9.28. The van der Waals surface area contributed by atoms with Crippen LogP contribution in [0.5, 0.6) is 5.88 Å². The van der Waals surface area contributed by atoms with Gasteiger partial charge in [-0.3, -0.25) is 0 Å². The molecule has 0 aliphatic rings. The van der Waals surface area contributed by atoms with E-state index in [1.165, 1.54) is 5.56 Å². The third-order valence-electron chi connectivity index (χ3n) is 2.49. The van der Waals surface area contributed by atoms with Gasteiger partial charge in [0, 0.05) is 17.1 Å². The Morgan fingerprint density at radius 1 is 1.16 bits per heavy atom. The molecule has 0 aliphatic carbocycles. The lowest BCUT2D eigenvalue weighted by atomic mass is 10.2. The summed E-state index contributed by atoms with van der Waals surface area (Å²) < 4.78 is 6.26. The second kappa shape index (κ2) is 7.11. The average molecular weight is 323 g/mol. The second-order valence-corrected chi connectivity index (χ2v) is 4.85. The van der Waals surface area contributed by atoms with E-state index in [-0.39, 0.29) is 13.2 Å². The molecule has 19 heavy (non-hydrogen) atoms. The van der Waals surface area contributed by atoms with Crippen LogP contribution in [0.25, 0.3) is 0 Å². The lowest BCUT2D eigenvalue weighted by Gasteiger charge is -2.07. The summed E-state index contributed by atoms with van der Waals surface area (Å²) in [6, 6.07) is 11.8. The molecule has 0 saturated heterocycles. The van der Waals surface area contributed by atoms with Crippen LogP contribution in [0.2, 0.25) is 0 Å². The Morgan fingerprint density at radius 2 is 1.95 bits per heavy atom. The molecule has 0 aliphatic heterocycles. The van der Waals surface area contributed by atoms with Gasteiger partial charge in [-0.2, -0.15) is 0 Å². The maximum atomic E-state index is 8.64. The zero-order chi connectivity index (χ0) is 13.5. The molecule has 2 aromatic rings. The molecule has 0 bridgehead atoms. The first-order valence-corrected chi connectivity index (χ1v) is 6.75. The lowest BCUT2D eigenvalue weighted by Crippen LogP contribution is -2.04. The number of ether oxygens (including phenoxy) is 1. The second-order valence-electron chi connectivity index (χ2n) is 3.94. The van der Waals surface area contributed by atoms with Gasteiger partial charge in [-0.05, 0) is 23.8 Å². The van der Waals surface area contributed by atoms with E-state index in [2.05, 4.69) is 38.4 Å². The first-order valence-electron chi connectivity index (χ1n) is 5.96. The van der Waals surface area contributed by atoms with Crippen LogP contribution in [0.1, 0.15) is 5.56 Å². The molecule has 0 unspecified atom stereocenters. The Kier molecular flexibility index (Phi) is 5.18. The summed E-state index contributed by atoms with van der Waals surface area (Å²) in [5, 5.41) is 11.9. The predicted molar refractivity (Wildman–Crippen MR) is 78.3 cm³/mol. The summed E-state index contributed by atoms with van der Waals surface area (Å²) in [7, 11) is 0. The molecular weight excluding hydrogens is 308 g/mol. The van der Waals surface area contributed by atoms with Crippen LogP contribution in [0, 0.1) is 0 Å². The first kappa shape index (κ1) is 13.8. The van der Waals surface area contributed by atoms with Crippen LogP contribution in [-0.2, 0) is 6.54 Å². The van der Waals surface area contributed by atoms with Gasteiger partial charge in [0.05, 0.1) is 18.5 Å². The molecule has 1 heterocycles. The lowest BCUT2D eigenvalue weighted by molar-refractivity contribution is 0.196. The van der Waals surface area contributed by atoms with E-state index in [0.717, 1.165) is 16.7 Å². The van der Waals surface area contributed by atoms with Crippen molar-refractivity contribution >= 4 is 21.6 Å². The highest BCUT2D eigenvalue weighted by atomic mass is 79.9. The van der Waals surface area contributed by atoms with Crippen LogP contribution in [0.4, 0.5) is 5.69 Å². The number of halogens is 1. The van der Waals surface area contributed by atoms with Crippen molar-refractivity contribution in [1.29, 1.82) is 0 Å². The Morgan fingerprint density at radius 3 is 2.58 bits per heavy atom. The standard InChI is InChI=1S/C14H15BrN2O2/c15-12-3-1-11(2-4-12)9-16-13-5-6-14(17-10-13)19-8-7-18/h1-6,10,16,18H,7-9H2. The molecule has 1 aromatic carbocycles. The SMILES string of the molecule is OCCOc1ccc(NCc2ccc(Br)cc2)cn1. The molecule has 1 aromatic heterocycles. The highest BCUT2D eigenvalue weighted by Gasteiger charge is 1.97. The fourth-order valence-electron chi connectivity index (χ4n) is 1.53. The molecule has 0 atom stereocenters. The van der Waals surface area contributed by atoms with Gasteiger partial charge in [-0.25, -0.2) is 4.98 Å². The van der Waals surface area contributed by atoms with Crippen molar-refractivity contribution in [3.63, 3.8) is 0 Å². The Balaban J connectivity index is 1.87. The number of aliphatic hydroxyl groups excluding tert-OH is 1.